The summed E-state index contributed by atoms with van der Waals surface area (Å²) in [5.41, 5.74) is 1.08. The molecule has 0 spiro atoms. The van der Waals surface area contributed by atoms with E-state index < -0.39 is 0 Å². The Morgan fingerprint density at radius 2 is 2.10 bits per heavy atom. The van der Waals surface area contributed by atoms with Gasteiger partial charge in [0, 0.05) is 17.8 Å². The molecule has 1 aliphatic rings. The third kappa shape index (κ3) is 3.80. The predicted molar refractivity (Wildman–Crippen MR) is 85.9 cm³/mol. The molecule has 1 heterocycles. The molecule has 1 atom stereocenters. The number of anilines is 1. The van der Waals surface area contributed by atoms with Crippen molar-refractivity contribution in [1.29, 1.82) is 0 Å². The molecule has 1 N–H and O–H groups in total. The van der Waals surface area contributed by atoms with Gasteiger partial charge in [-0.15, -0.1) is 0 Å². The number of nitrogens with zero attached hydrogens (tertiary/aromatic N) is 1. The van der Waals surface area contributed by atoms with Crippen LogP contribution in [0.5, 0.6) is 5.75 Å². The van der Waals surface area contributed by atoms with Crippen molar-refractivity contribution in [2.45, 2.75) is 32.7 Å². The number of halogens is 1. The third-order valence-electron chi connectivity index (χ3n) is 4.33. The second-order valence-electron chi connectivity index (χ2n) is 5.55. The highest BCUT2D eigenvalue weighted by molar-refractivity contribution is 6.32. The number of ether oxygens (including phenoxy) is 1. The standard InChI is InChI=1S/C16H25ClN2O/c1-4-19-9-7-13(8-10-19)12(2)18-14-5-6-15(17)16(11-14)20-3/h5-6,11-13,18H,4,7-10H2,1-3H3. The molecular weight excluding hydrogens is 272 g/mol. The van der Waals surface area contributed by atoms with Crippen LogP contribution in [0.1, 0.15) is 26.7 Å². The van der Waals surface area contributed by atoms with E-state index in [1.54, 1.807) is 7.11 Å². The maximum absolute atomic E-state index is 6.06. The van der Waals surface area contributed by atoms with Crippen LogP contribution in [0.2, 0.25) is 5.02 Å². The molecule has 0 saturated carbocycles. The summed E-state index contributed by atoms with van der Waals surface area (Å²) in [7, 11) is 1.65. The molecule has 0 aliphatic carbocycles. The number of rotatable bonds is 5. The Balaban J connectivity index is 1.93. The Labute approximate surface area is 127 Å². The van der Waals surface area contributed by atoms with Gasteiger partial charge in [0.25, 0.3) is 0 Å². The maximum Gasteiger partial charge on any atom is 0.139 e. The van der Waals surface area contributed by atoms with Crippen LogP contribution in [0.15, 0.2) is 18.2 Å². The molecule has 1 saturated heterocycles. The van der Waals surface area contributed by atoms with Gasteiger partial charge in [-0.1, -0.05) is 18.5 Å². The summed E-state index contributed by atoms with van der Waals surface area (Å²) in [4.78, 5) is 2.52. The molecule has 20 heavy (non-hydrogen) atoms. The van der Waals surface area contributed by atoms with Crippen LogP contribution in [0, 0.1) is 5.92 Å². The zero-order chi connectivity index (χ0) is 14.5. The topological polar surface area (TPSA) is 24.5 Å². The zero-order valence-electron chi connectivity index (χ0n) is 12.7. The minimum atomic E-state index is 0.472. The summed E-state index contributed by atoms with van der Waals surface area (Å²) in [5, 5.41) is 4.24. The summed E-state index contributed by atoms with van der Waals surface area (Å²) < 4.78 is 5.26. The molecule has 0 aromatic heterocycles. The first-order valence-corrected chi connectivity index (χ1v) is 7.84. The normalized spacial score (nSPS) is 18.8. The highest BCUT2D eigenvalue weighted by Gasteiger charge is 2.23. The smallest absolute Gasteiger partial charge is 0.139 e. The van der Waals surface area contributed by atoms with E-state index in [0.29, 0.717) is 11.1 Å². The highest BCUT2D eigenvalue weighted by Crippen LogP contribution is 2.29. The lowest BCUT2D eigenvalue weighted by atomic mass is 9.90. The molecule has 1 fully saturated rings. The van der Waals surface area contributed by atoms with Gasteiger partial charge in [0.1, 0.15) is 5.75 Å². The first-order valence-electron chi connectivity index (χ1n) is 7.46. The van der Waals surface area contributed by atoms with E-state index in [-0.39, 0.29) is 0 Å². The molecule has 4 heteroatoms. The van der Waals surface area contributed by atoms with Gasteiger partial charge >= 0.3 is 0 Å². The molecule has 1 unspecified atom stereocenters. The highest BCUT2D eigenvalue weighted by atomic mass is 35.5. The number of piperidine rings is 1. The van der Waals surface area contributed by atoms with Crippen molar-refractivity contribution in [3.05, 3.63) is 23.2 Å². The number of benzene rings is 1. The lowest BCUT2D eigenvalue weighted by Gasteiger charge is -2.34. The molecular formula is C16H25ClN2O. The van der Waals surface area contributed by atoms with Crippen LogP contribution < -0.4 is 10.1 Å². The fourth-order valence-corrected chi connectivity index (χ4v) is 3.09. The Hall–Kier alpha value is -0.930. The quantitative estimate of drug-likeness (QED) is 0.892. The maximum atomic E-state index is 6.06. The molecule has 0 amide bonds. The first kappa shape index (κ1) is 15.5. The van der Waals surface area contributed by atoms with Crippen molar-refractivity contribution in [1.82, 2.24) is 4.90 Å². The number of hydrogen-bond donors (Lipinski definition) is 1. The molecule has 112 valence electrons. The van der Waals surface area contributed by atoms with E-state index in [1.807, 2.05) is 18.2 Å². The molecule has 1 aromatic rings. The first-order chi connectivity index (χ1) is 9.63. The van der Waals surface area contributed by atoms with E-state index in [1.165, 1.54) is 32.5 Å². The van der Waals surface area contributed by atoms with Gasteiger partial charge in [0.05, 0.1) is 12.1 Å². The number of nitrogens with one attached hydrogen (secondary N) is 1. The van der Waals surface area contributed by atoms with Crippen molar-refractivity contribution in [2.24, 2.45) is 5.92 Å². The van der Waals surface area contributed by atoms with Crippen LogP contribution in [0.4, 0.5) is 5.69 Å². The summed E-state index contributed by atoms with van der Waals surface area (Å²) in [6.45, 7) is 8.12. The Morgan fingerprint density at radius 1 is 1.40 bits per heavy atom. The Morgan fingerprint density at radius 3 is 2.70 bits per heavy atom. The lowest BCUT2D eigenvalue weighted by Crippen LogP contribution is -2.39. The number of hydrogen-bond acceptors (Lipinski definition) is 3. The minimum Gasteiger partial charge on any atom is -0.495 e. The average Bonchev–Trinajstić information content (AvgIpc) is 2.49. The van der Waals surface area contributed by atoms with Gasteiger partial charge in [-0.2, -0.15) is 0 Å². The molecule has 3 nitrogen and oxygen atoms in total. The van der Waals surface area contributed by atoms with E-state index in [2.05, 4.69) is 24.1 Å². The summed E-state index contributed by atoms with van der Waals surface area (Å²) in [6, 6.07) is 6.34. The van der Waals surface area contributed by atoms with Gasteiger partial charge in [0.15, 0.2) is 0 Å². The van der Waals surface area contributed by atoms with Crippen molar-refractivity contribution >= 4 is 17.3 Å². The van der Waals surface area contributed by atoms with Crippen LogP contribution in [-0.4, -0.2) is 37.7 Å². The van der Waals surface area contributed by atoms with Crippen LogP contribution in [0.25, 0.3) is 0 Å². The number of methoxy groups -OCH3 is 1. The van der Waals surface area contributed by atoms with Crippen LogP contribution in [0.3, 0.4) is 0 Å². The molecule has 1 aromatic carbocycles. The van der Waals surface area contributed by atoms with Gasteiger partial charge in [0.2, 0.25) is 0 Å². The lowest BCUT2D eigenvalue weighted by molar-refractivity contribution is 0.183. The van der Waals surface area contributed by atoms with E-state index in [9.17, 15) is 0 Å². The van der Waals surface area contributed by atoms with Crippen molar-refractivity contribution < 1.29 is 4.74 Å². The third-order valence-corrected chi connectivity index (χ3v) is 4.64. The van der Waals surface area contributed by atoms with Crippen LogP contribution >= 0.6 is 11.6 Å². The van der Waals surface area contributed by atoms with Gasteiger partial charge in [-0.3, -0.25) is 0 Å². The Kier molecular flexibility index (Phi) is 5.55. The minimum absolute atomic E-state index is 0.472. The summed E-state index contributed by atoms with van der Waals surface area (Å²) in [5.74, 6) is 1.46. The fourth-order valence-electron chi connectivity index (χ4n) is 2.90. The second kappa shape index (κ2) is 7.19. The monoisotopic (exact) mass is 296 g/mol. The fraction of sp³-hybridized carbons (Fsp3) is 0.625. The zero-order valence-corrected chi connectivity index (χ0v) is 13.4. The SMILES string of the molecule is CCN1CCC(C(C)Nc2ccc(Cl)c(OC)c2)CC1. The summed E-state index contributed by atoms with van der Waals surface area (Å²) in [6.07, 6.45) is 2.54. The van der Waals surface area contributed by atoms with Crippen molar-refractivity contribution in [3.63, 3.8) is 0 Å². The number of likely N-dealkylation sites (tertiary alicyclic amines) is 1. The molecule has 0 bridgehead atoms. The van der Waals surface area contributed by atoms with Crippen LogP contribution in [-0.2, 0) is 0 Å². The van der Waals surface area contributed by atoms with Gasteiger partial charge < -0.3 is 15.0 Å². The van der Waals surface area contributed by atoms with Gasteiger partial charge in [-0.25, -0.2) is 0 Å². The van der Waals surface area contributed by atoms with Gasteiger partial charge in [-0.05, 0) is 57.5 Å². The predicted octanol–water partition coefficient (Wildman–Crippen LogP) is 3.88. The van der Waals surface area contributed by atoms with E-state index in [4.69, 9.17) is 16.3 Å². The van der Waals surface area contributed by atoms with Crippen molar-refractivity contribution in [2.75, 3.05) is 32.1 Å². The second-order valence-corrected chi connectivity index (χ2v) is 5.96. The molecule has 0 radical (unpaired) electrons. The summed E-state index contributed by atoms with van der Waals surface area (Å²) >= 11 is 6.06. The van der Waals surface area contributed by atoms with Crippen molar-refractivity contribution in [3.8, 4) is 5.75 Å². The Bertz CT molecular complexity index is 430. The largest absolute Gasteiger partial charge is 0.495 e. The molecule has 1 aliphatic heterocycles. The van der Waals surface area contributed by atoms with E-state index in [0.717, 1.165) is 17.4 Å². The average molecular weight is 297 g/mol. The van der Waals surface area contributed by atoms with E-state index >= 15 is 0 Å². The molecule has 2 rings (SSSR count).